The van der Waals surface area contributed by atoms with E-state index in [4.69, 9.17) is 16.3 Å². The molecule has 0 radical (unpaired) electrons. The first-order valence-corrected chi connectivity index (χ1v) is 5.16. The smallest absolute Gasteiger partial charge is 0.141 e. The van der Waals surface area contributed by atoms with E-state index in [-0.39, 0.29) is 0 Å². The monoisotopic (exact) mass is 198 g/mol. The van der Waals surface area contributed by atoms with Crippen molar-refractivity contribution in [3.8, 4) is 5.75 Å². The van der Waals surface area contributed by atoms with Crippen LogP contribution >= 0.6 is 11.6 Å². The first-order valence-electron chi connectivity index (χ1n) is 4.78. The van der Waals surface area contributed by atoms with Gasteiger partial charge in [0.15, 0.2) is 0 Å². The number of halogens is 1. The Labute approximate surface area is 84.7 Å². The van der Waals surface area contributed by atoms with Crippen LogP contribution in [0.4, 0.5) is 0 Å². The summed E-state index contributed by atoms with van der Waals surface area (Å²) in [6.07, 6.45) is 2.20. The zero-order valence-electron chi connectivity index (χ0n) is 8.14. The van der Waals surface area contributed by atoms with E-state index in [9.17, 15) is 0 Å². The predicted molar refractivity (Wildman–Crippen MR) is 56.6 cm³/mol. The Bertz CT molecular complexity index is 271. The van der Waals surface area contributed by atoms with Gasteiger partial charge in [-0.1, -0.05) is 37.6 Å². The number of para-hydroxylation sites is 1. The molecule has 0 fully saturated rings. The molecule has 1 nitrogen and oxygen atoms in total. The normalized spacial score (nSPS) is 13.5. The molecule has 1 aliphatic heterocycles. The second-order valence-corrected chi connectivity index (χ2v) is 3.09. The molecule has 0 saturated carbocycles. The highest BCUT2D eigenvalue weighted by atomic mass is 35.5. The minimum atomic E-state index is 0.738. The average Bonchev–Trinajstić information content (AvgIpc) is 2.22. The van der Waals surface area contributed by atoms with Crippen molar-refractivity contribution < 1.29 is 4.74 Å². The molecule has 13 heavy (non-hydrogen) atoms. The van der Waals surface area contributed by atoms with Crippen LogP contribution in [0.1, 0.15) is 25.8 Å². The Morgan fingerprint density at radius 2 is 2.08 bits per heavy atom. The van der Waals surface area contributed by atoms with Crippen molar-refractivity contribution in [2.75, 3.05) is 6.61 Å². The fourth-order valence-corrected chi connectivity index (χ4v) is 1.60. The van der Waals surface area contributed by atoms with Crippen LogP contribution in [-0.4, -0.2) is 6.61 Å². The lowest BCUT2D eigenvalue weighted by Gasteiger charge is -2.17. The SMILES string of the molecule is CC.Clc1cccc2c1OCCC2. The van der Waals surface area contributed by atoms with Crippen molar-refractivity contribution in [2.24, 2.45) is 0 Å². The van der Waals surface area contributed by atoms with Crippen molar-refractivity contribution in [2.45, 2.75) is 26.7 Å². The molecular formula is C11H15ClO. The first kappa shape index (κ1) is 10.4. The van der Waals surface area contributed by atoms with Crippen LogP contribution in [0.2, 0.25) is 5.02 Å². The van der Waals surface area contributed by atoms with Crippen molar-refractivity contribution >= 4 is 11.6 Å². The number of hydrogen-bond acceptors (Lipinski definition) is 1. The fourth-order valence-electron chi connectivity index (χ4n) is 1.35. The third-order valence-electron chi connectivity index (χ3n) is 1.89. The first-order chi connectivity index (χ1) is 6.38. The number of benzene rings is 1. The minimum absolute atomic E-state index is 0.738. The van der Waals surface area contributed by atoms with Gasteiger partial charge in [0, 0.05) is 0 Å². The second kappa shape index (κ2) is 5.13. The third-order valence-corrected chi connectivity index (χ3v) is 2.18. The summed E-state index contributed by atoms with van der Waals surface area (Å²) in [7, 11) is 0. The van der Waals surface area contributed by atoms with Crippen molar-refractivity contribution in [1.82, 2.24) is 0 Å². The predicted octanol–water partition coefficient (Wildman–Crippen LogP) is 3.69. The molecule has 1 aromatic rings. The van der Waals surface area contributed by atoms with Gasteiger partial charge >= 0.3 is 0 Å². The maximum Gasteiger partial charge on any atom is 0.141 e. The highest BCUT2D eigenvalue weighted by Gasteiger charge is 2.11. The molecule has 2 rings (SSSR count). The fraction of sp³-hybridized carbons (Fsp3) is 0.455. The Morgan fingerprint density at radius 3 is 2.77 bits per heavy atom. The standard InChI is InChI=1S/C9H9ClO.C2H6/c10-8-5-1-3-7-4-2-6-11-9(7)8;1-2/h1,3,5H,2,4,6H2;1-2H3. The van der Waals surface area contributed by atoms with Gasteiger partial charge in [-0.25, -0.2) is 0 Å². The Hall–Kier alpha value is -0.690. The lowest BCUT2D eigenvalue weighted by atomic mass is 10.1. The largest absolute Gasteiger partial charge is 0.492 e. The van der Waals surface area contributed by atoms with E-state index in [1.54, 1.807) is 0 Å². The van der Waals surface area contributed by atoms with Gasteiger partial charge in [-0.05, 0) is 24.5 Å². The molecule has 0 amide bonds. The van der Waals surface area contributed by atoms with Crippen LogP contribution in [0, 0.1) is 0 Å². The number of hydrogen-bond donors (Lipinski definition) is 0. The average molecular weight is 199 g/mol. The van der Waals surface area contributed by atoms with Gasteiger partial charge in [0.05, 0.1) is 11.6 Å². The molecule has 1 aromatic carbocycles. The molecular weight excluding hydrogens is 184 g/mol. The summed E-state index contributed by atoms with van der Waals surface area (Å²) in [4.78, 5) is 0. The van der Waals surface area contributed by atoms with Crippen LogP contribution in [0.15, 0.2) is 18.2 Å². The van der Waals surface area contributed by atoms with Gasteiger partial charge in [-0.15, -0.1) is 0 Å². The Morgan fingerprint density at radius 1 is 1.31 bits per heavy atom. The van der Waals surface area contributed by atoms with E-state index < -0.39 is 0 Å². The summed E-state index contributed by atoms with van der Waals surface area (Å²) >= 11 is 5.92. The number of ether oxygens (including phenoxy) is 1. The summed E-state index contributed by atoms with van der Waals surface area (Å²) in [6, 6.07) is 5.90. The molecule has 1 heterocycles. The van der Waals surface area contributed by atoms with E-state index in [2.05, 4.69) is 6.07 Å². The van der Waals surface area contributed by atoms with Crippen molar-refractivity contribution in [3.05, 3.63) is 28.8 Å². The molecule has 0 spiro atoms. The van der Waals surface area contributed by atoms with Gasteiger partial charge in [0.1, 0.15) is 5.75 Å². The summed E-state index contributed by atoms with van der Waals surface area (Å²) < 4.78 is 5.42. The van der Waals surface area contributed by atoms with Gasteiger partial charge in [0.25, 0.3) is 0 Å². The summed E-state index contributed by atoms with van der Waals surface area (Å²) in [5.41, 5.74) is 1.24. The Balaban J connectivity index is 0.000000396. The van der Waals surface area contributed by atoms with Crippen LogP contribution in [0.5, 0.6) is 5.75 Å². The third kappa shape index (κ3) is 2.38. The van der Waals surface area contributed by atoms with Crippen LogP contribution in [0.25, 0.3) is 0 Å². The lowest BCUT2D eigenvalue weighted by molar-refractivity contribution is 0.288. The number of rotatable bonds is 0. The van der Waals surface area contributed by atoms with E-state index in [1.165, 1.54) is 5.56 Å². The zero-order chi connectivity index (χ0) is 9.68. The van der Waals surface area contributed by atoms with Gasteiger partial charge in [-0.2, -0.15) is 0 Å². The molecule has 0 atom stereocenters. The lowest BCUT2D eigenvalue weighted by Crippen LogP contribution is -2.08. The molecule has 0 saturated heterocycles. The highest BCUT2D eigenvalue weighted by molar-refractivity contribution is 6.32. The molecule has 0 unspecified atom stereocenters. The van der Waals surface area contributed by atoms with Crippen molar-refractivity contribution in [1.29, 1.82) is 0 Å². The van der Waals surface area contributed by atoms with Gasteiger partial charge in [-0.3, -0.25) is 0 Å². The number of aryl methyl sites for hydroxylation is 1. The maximum absolute atomic E-state index is 5.92. The van der Waals surface area contributed by atoms with Crippen molar-refractivity contribution in [3.63, 3.8) is 0 Å². The Kier molecular flexibility index (Phi) is 4.10. The quantitative estimate of drug-likeness (QED) is 0.618. The molecule has 0 aliphatic carbocycles. The molecule has 72 valence electrons. The van der Waals surface area contributed by atoms with Crippen LogP contribution in [-0.2, 0) is 6.42 Å². The summed E-state index contributed by atoms with van der Waals surface area (Å²) in [5.74, 6) is 0.889. The molecule has 0 N–H and O–H groups in total. The second-order valence-electron chi connectivity index (χ2n) is 2.68. The van der Waals surface area contributed by atoms with Crippen LogP contribution in [0.3, 0.4) is 0 Å². The summed E-state index contributed by atoms with van der Waals surface area (Å²) in [6.45, 7) is 4.80. The number of fused-ring (bicyclic) bond motifs is 1. The van der Waals surface area contributed by atoms with E-state index in [0.29, 0.717) is 0 Å². The molecule has 0 bridgehead atoms. The van der Waals surface area contributed by atoms with Gasteiger partial charge < -0.3 is 4.74 Å². The van der Waals surface area contributed by atoms with E-state index >= 15 is 0 Å². The zero-order valence-corrected chi connectivity index (χ0v) is 8.90. The maximum atomic E-state index is 5.92. The molecule has 2 heteroatoms. The molecule has 1 aliphatic rings. The van der Waals surface area contributed by atoms with E-state index in [1.807, 2.05) is 26.0 Å². The van der Waals surface area contributed by atoms with E-state index in [0.717, 1.165) is 30.2 Å². The van der Waals surface area contributed by atoms with Gasteiger partial charge in [0.2, 0.25) is 0 Å². The molecule has 0 aromatic heterocycles. The minimum Gasteiger partial charge on any atom is -0.492 e. The highest BCUT2D eigenvalue weighted by Crippen LogP contribution is 2.31. The summed E-state index contributed by atoms with van der Waals surface area (Å²) in [5, 5.41) is 0.738. The topological polar surface area (TPSA) is 9.23 Å². The van der Waals surface area contributed by atoms with Crippen LogP contribution < -0.4 is 4.74 Å².